The lowest BCUT2D eigenvalue weighted by Gasteiger charge is -2.12. The molecule has 6 nitrogen and oxygen atoms in total. The number of nitrogens with one attached hydrogen (secondary N) is 1. The van der Waals surface area contributed by atoms with Crippen molar-refractivity contribution in [2.75, 3.05) is 7.05 Å². The molecule has 86 valence electrons. The van der Waals surface area contributed by atoms with Crippen LogP contribution in [-0.2, 0) is 20.5 Å². The summed E-state index contributed by atoms with van der Waals surface area (Å²) in [6.45, 7) is 0. The van der Waals surface area contributed by atoms with Crippen LogP contribution >= 0.6 is 0 Å². The van der Waals surface area contributed by atoms with Crippen LogP contribution in [-0.4, -0.2) is 31.4 Å². The molecule has 6 heteroatoms. The van der Waals surface area contributed by atoms with Crippen molar-refractivity contribution in [1.82, 2.24) is 29.6 Å². The minimum atomic E-state index is 0.170. The Morgan fingerprint density at radius 2 is 2.19 bits per heavy atom. The van der Waals surface area contributed by atoms with Crippen LogP contribution in [0.25, 0.3) is 0 Å². The second kappa shape index (κ2) is 4.44. The fraction of sp³-hybridized carbons (Fsp3) is 0.500. The van der Waals surface area contributed by atoms with Crippen LogP contribution < -0.4 is 5.32 Å². The molecule has 0 fully saturated rings. The van der Waals surface area contributed by atoms with Gasteiger partial charge in [0.25, 0.3) is 0 Å². The molecule has 0 aromatic carbocycles. The Hall–Kier alpha value is -1.69. The molecule has 0 spiro atoms. The molecule has 1 atom stereocenters. The first-order valence-corrected chi connectivity index (χ1v) is 5.18. The van der Waals surface area contributed by atoms with Crippen molar-refractivity contribution < 1.29 is 0 Å². The molecule has 0 aliphatic rings. The lowest BCUT2D eigenvalue weighted by atomic mass is 10.1. The van der Waals surface area contributed by atoms with E-state index in [-0.39, 0.29) is 6.04 Å². The molecule has 0 radical (unpaired) electrons. The Labute approximate surface area is 94.3 Å². The lowest BCUT2D eigenvalue weighted by molar-refractivity contribution is 0.543. The number of hydrogen-bond acceptors (Lipinski definition) is 4. The summed E-state index contributed by atoms with van der Waals surface area (Å²) >= 11 is 0. The quantitative estimate of drug-likeness (QED) is 0.791. The van der Waals surface area contributed by atoms with E-state index in [1.165, 1.54) is 0 Å². The normalized spacial score (nSPS) is 12.9. The van der Waals surface area contributed by atoms with E-state index in [1.807, 2.05) is 31.9 Å². The van der Waals surface area contributed by atoms with Crippen molar-refractivity contribution in [1.29, 1.82) is 0 Å². The van der Waals surface area contributed by atoms with Crippen molar-refractivity contribution in [3.8, 4) is 0 Å². The first-order chi connectivity index (χ1) is 7.70. The maximum atomic E-state index is 4.34. The molecular weight excluding hydrogens is 204 g/mol. The van der Waals surface area contributed by atoms with Crippen LogP contribution in [0.3, 0.4) is 0 Å². The van der Waals surface area contributed by atoms with Crippen LogP contribution in [0.1, 0.15) is 17.6 Å². The summed E-state index contributed by atoms with van der Waals surface area (Å²) < 4.78 is 3.73. The van der Waals surface area contributed by atoms with Crippen molar-refractivity contribution in [2.24, 2.45) is 14.1 Å². The molecule has 2 aromatic rings. The molecule has 0 aliphatic heterocycles. The lowest BCUT2D eigenvalue weighted by Crippen LogP contribution is -2.21. The van der Waals surface area contributed by atoms with Crippen LogP contribution in [0.2, 0.25) is 0 Å². The maximum absolute atomic E-state index is 4.34. The third kappa shape index (κ3) is 2.11. The minimum absolute atomic E-state index is 0.170. The molecule has 0 saturated carbocycles. The molecule has 16 heavy (non-hydrogen) atoms. The van der Waals surface area contributed by atoms with E-state index in [0.29, 0.717) is 0 Å². The van der Waals surface area contributed by atoms with Gasteiger partial charge in [0.15, 0.2) is 0 Å². The predicted octanol–water partition coefficient (Wildman–Crippen LogP) is 0.0518. The maximum Gasteiger partial charge on any atom is 0.138 e. The van der Waals surface area contributed by atoms with Crippen molar-refractivity contribution in [3.63, 3.8) is 0 Å². The SMILES string of the molecule is CNC(Cc1ncnn1C)c1cn(C)cn1. The van der Waals surface area contributed by atoms with Gasteiger partial charge in [-0.3, -0.25) is 4.68 Å². The highest BCUT2D eigenvalue weighted by Crippen LogP contribution is 2.14. The van der Waals surface area contributed by atoms with E-state index in [0.717, 1.165) is 17.9 Å². The molecule has 2 heterocycles. The number of nitrogens with zero attached hydrogens (tertiary/aromatic N) is 5. The summed E-state index contributed by atoms with van der Waals surface area (Å²) in [6, 6.07) is 0.170. The Balaban J connectivity index is 2.15. The smallest absolute Gasteiger partial charge is 0.138 e. The molecular formula is C10H16N6. The standard InChI is InChI=1S/C10H16N6/c1-11-8(9-5-15(2)7-13-9)4-10-12-6-14-16(10)3/h5-8,11H,4H2,1-3H3. The third-order valence-corrected chi connectivity index (χ3v) is 2.62. The van der Waals surface area contributed by atoms with Crippen molar-refractivity contribution in [2.45, 2.75) is 12.5 Å². The van der Waals surface area contributed by atoms with E-state index >= 15 is 0 Å². The third-order valence-electron chi connectivity index (χ3n) is 2.62. The van der Waals surface area contributed by atoms with E-state index in [1.54, 1.807) is 17.3 Å². The summed E-state index contributed by atoms with van der Waals surface area (Å²) in [6.07, 6.45) is 6.17. The Morgan fingerprint density at radius 3 is 2.69 bits per heavy atom. The van der Waals surface area contributed by atoms with E-state index < -0.39 is 0 Å². The van der Waals surface area contributed by atoms with Gasteiger partial charge in [-0.05, 0) is 7.05 Å². The first-order valence-electron chi connectivity index (χ1n) is 5.18. The van der Waals surface area contributed by atoms with Crippen LogP contribution in [0.4, 0.5) is 0 Å². The van der Waals surface area contributed by atoms with Crippen molar-refractivity contribution in [3.05, 3.63) is 30.4 Å². The Bertz CT molecular complexity index is 457. The Kier molecular flexibility index (Phi) is 3.00. The topological polar surface area (TPSA) is 60.6 Å². The van der Waals surface area contributed by atoms with Gasteiger partial charge in [-0.1, -0.05) is 0 Å². The highest BCUT2D eigenvalue weighted by molar-refractivity contribution is 5.06. The number of rotatable bonds is 4. The number of aromatic nitrogens is 5. The zero-order valence-corrected chi connectivity index (χ0v) is 9.75. The second-order valence-electron chi connectivity index (χ2n) is 3.81. The van der Waals surface area contributed by atoms with Crippen molar-refractivity contribution >= 4 is 0 Å². The van der Waals surface area contributed by atoms with Gasteiger partial charge in [0.05, 0.1) is 18.1 Å². The van der Waals surface area contributed by atoms with Gasteiger partial charge < -0.3 is 9.88 Å². The average Bonchev–Trinajstić information content (AvgIpc) is 2.85. The number of aryl methyl sites for hydroxylation is 2. The Morgan fingerprint density at radius 1 is 1.38 bits per heavy atom. The summed E-state index contributed by atoms with van der Waals surface area (Å²) in [7, 11) is 5.79. The molecule has 0 aliphatic carbocycles. The van der Waals surface area contributed by atoms with Gasteiger partial charge in [-0.2, -0.15) is 5.10 Å². The van der Waals surface area contributed by atoms with Gasteiger partial charge >= 0.3 is 0 Å². The number of likely N-dealkylation sites (N-methyl/N-ethyl adjacent to an activating group) is 1. The highest BCUT2D eigenvalue weighted by Gasteiger charge is 2.15. The minimum Gasteiger partial charge on any atom is -0.340 e. The van der Waals surface area contributed by atoms with Gasteiger partial charge in [-0.15, -0.1) is 0 Å². The van der Waals surface area contributed by atoms with Crippen LogP contribution in [0, 0.1) is 0 Å². The molecule has 0 bridgehead atoms. The first kappa shape index (κ1) is 10.8. The number of imidazole rings is 1. The summed E-state index contributed by atoms with van der Waals surface area (Å²) in [5.41, 5.74) is 1.02. The van der Waals surface area contributed by atoms with E-state index in [2.05, 4.69) is 20.4 Å². The highest BCUT2D eigenvalue weighted by atomic mass is 15.3. The predicted molar refractivity (Wildman–Crippen MR) is 59.7 cm³/mol. The van der Waals surface area contributed by atoms with Gasteiger partial charge in [0, 0.05) is 26.7 Å². The molecule has 2 aromatic heterocycles. The molecule has 1 N–H and O–H groups in total. The van der Waals surface area contributed by atoms with Gasteiger partial charge in [0.1, 0.15) is 12.2 Å². The summed E-state index contributed by atoms with van der Waals surface area (Å²) in [5.74, 6) is 0.949. The fourth-order valence-corrected chi connectivity index (χ4v) is 1.66. The molecule has 0 saturated heterocycles. The zero-order chi connectivity index (χ0) is 11.5. The molecule has 2 rings (SSSR count). The van der Waals surface area contributed by atoms with Crippen LogP contribution in [0.5, 0.6) is 0 Å². The van der Waals surface area contributed by atoms with E-state index in [9.17, 15) is 0 Å². The summed E-state index contributed by atoms with van der Waals surface area (Å²) in [4.78, 5) is 8.55. The van der Waals surface area contributed by atoms with Gasteiger partial charge in [-0.25, -0.2) is 9.97 Å². The van der Waals surface area contributed by atoms with Gasteiger partial charge in [0.2, 0.25) is 0 Å². The van der Waals surface area contributed by atoms with E-state index in [4.69, 9.17) is 0 Å². The fourth-order valence-electron chi connectivity index (χ4n) is 1.66. The van der Waals surface area contributed by atoms with Crippen LogP contribution in [0.15, 0.2) is 18.9 Å². The monoisotopic (exact) mass is 220 g/mol. The molecule has 0 amide bonds. The zero-order valence-electron chi connectivity index (χ0n) is 9.75. The largest absolute Gasteiger partial charge is 0.340 e. The second-order valence-corrected chi connectivity index (χ2v) is 3.81. The number of hydrogen-bond donors (Lipinski definition) is 1. The summed E-state index contributed by atoms with van der Waals surface area (Å²) in [5, 5.41) is 7.30. The average molecular weight is 220 g/mol. The molecule has 1 unspecified atom stereocenters.